The number of rotatable bonds is 5. The number of fused-ring (bicyclic) bond motifs is 2. The zero-order valence-corrected chi connectivity index (χ0v) is 21.2. The van der Waals surface area contributed by atoms with Crippen molar-refractivity contribution in [3.8, 4) is 33.2 Å². The standard InChI is InChI=1S/C28H23F2N7S/c29-22-8-7-21(38-22)18-5-4-6-19-26(18)34-28(33-19)27-23-20(35-36-27)14-32-25(24(23)30)17-11-16(12-31-13-17)15-37-9-2-1-3-10-37/h4-8,11-14H,1-3,9-10,15H2,(H,33,34)(H,35,36). The molecule has 0 bridgehead atoms. The lowest BCUT2D eigenvalue weighted by molar-refractivity contribution is 0.220. The molecule has 10 heteroatoms. The molecule has 1 aliphatic rings. The molecular formula is C28H23F2N7S. The van der Waals surface area contributed by atoms with Crippen molar-refractivity contribution in [2.75, 3.05) is 13.1 Å². The third-order valence-corrected chi connectivity index (χ3v) is 7.95. The van der Waals surface area contributed by atoms with E-state index in [1.54, 1.807) is 18.5 Å². The van der Waals surface area contributed by atoms with Gasteiger partial charge in [0.2, 0.25) is 0 Å². The number of piperidine rings is 1. The fraction of sp³-hybridized carbons (Fsp3) is 0.214. The highest BCUT2D eigenvalue weighted by molar-refractivity contribution is 7.14. The van der Waals surface area contributed by atoms with E-state index >= 15 is 4.39 Å². The number of H-pyrrole nitrogens is 2. The Bertz CT molecular complexity index is 1780. The van der Waals surface area contributed by atoms with E-state index in [2.05, 4.69) is 30.0 Å². The fourth-order valence-electron chi connectivity index (χ4n) is 5.23. The molecule has 38 heavy (non-hydrogen) atoms. The summed E-state index contributed by atoms with van der Waals surface area (Å²) in [6.45, 7) is 2.93. The number of halogens is 2. The molecule has 7 rings (SSSR count). The van der Waals surface area contributed by atoms with E-state index in [0.717, 1.165) is 52.5 Å². The van der Waals surface area contributed by atoms with Crippen LogP contribution in [0.1, 0.15) is 24.8 Å². The molecule has 0 atom stereocenters. The Hall–Kier alpha value is -4.02. The van der Waals surface area contributed by atoms with Crippen molar-refractivity contribution >= 4 is 33.3 Å². The van der Waals surface area contributed by atoms with Gasteiger partial charge in [0.05, 0.1) is 28.1 Å². The number of benzene rings is 1. The predicted octanol–water partition coefficient (Wildman–Crippen LogP) is 6.56. The molecule has 0 amide bonds. The van der Waals surface area contributed by atoms with Gasteiger partial charge in [-0.15, -0.1) is 11.3 Å². The minimum Gasteiger partial charge on any atom is -0.337 e. The number of hydrogen-bond acceptors (Lipinski definition) is 6. The van der Waals surface area contributed by atoms with Gasteiger partial charge < -0.3 is 4.98 Å². The highest BCUT2D eigenvalue weighted by Crippen LogP contribution is 2.36. The maximum Gasteiger partial charge on any atom is 0.176 e. The first-order valence-electron chi connectivity index (χ1n) is 12.6. The molecule has 0 unspecified atom stereocenters. The Balaban J connectivity index is 1.29. The average molecular weight is 528 g/mol. The quantitative estimate of drug-likeness (QED) is 0.265. The normalized spacial score (nSPS) is 14.6. The predicted molar refractivity (Wildman–Crippen MR) is 145 cm³/mol. The summed E-state index contributed by atoms with van der Waals surface area (Å²) in [4.78, 5) is 20.0. The SMILES string of the molecule is Fc1ccc(-c2cccc3[nH]c(-c4n[nH]c5cnc(-c6cncc(CN7CCCCC7)c6)c(F)c45)nc23)s1. The molecule has 2 N–H and O–H groups in total. The molecule has 0 spiro atoms. The first-order valence-corrected chi connectivity index (χ1v) is 13.4. The van der Waals surface area contributed by atoms with Crippen LogP contribution >= 0.6 is 11.3 Å². The highest BCUT2D eigenvalue weighted by atomic mass is 32.1. The lowest BCUT2D eigenvalue weighted by Gasteiger charge is -2.26. The largest absolute Gasteiger partial charge is 0.337 e. The summed E-state index contributed by atoms with van der Waals surface area (Å²) in [5.74, 6) is -0.0621. The second-order valence-electron chi connectivity index (χ2n) is 9.59. The molecule has 1 saturated heterocycles. The minimum absolute atomic E-state index is 0.221. The molecule has 1 aromatic carbocycles. The summed E-state index contributed by atoms with van der Waals surface area (Å²) in [7, 11) is 0. The maximum atomic E-state index is 16.1. The van der Waals surface area contributed by atoms with Crippen molar-refractivity contribution in [3.05, 3.63) is 71.5 Å². The number of pyridine rings is 2. The van der Waals surface area contributed by atoms with Gasteiger partial charge >= 0.3 is 0 Å². The van der Waals surface area contributed by atoms with Gasteiger partial charge in [-0.1, -0.05) is 18.6 Å². The maximum absolute atomic E-state index is 16.1. The molecular weight excluding hydrogens is 504 g/mol. The first kappa shape index (κ1) is 23.1. The zero-order valence-electron chi connectivity index (χ0n) is 20.3. The second kappa shape index (κ2) is 9.38. The number of imidazole rings is 1. The fourth-order valence-corrected chi connectivity index (χ4v) is 5.99. The van der Waals surface area contributed by atoms with Crippen LogP contribution in [-0.2, 0) is 6.54 Å². The molecule has 0 radical (unpaired) electrons. The summed E-state index contributed by atoms with van der Waals surface area (Å²) >= 11 is 1.06. The Kier molecular flexibility index (Phi) is 5.70. The number of aromatic amines is 2. The van der Waals surface area contributed by atoms with Crippen LogP contribution in [0.5, 0.6) is 0 Å². The van der Waals surface area contributed by atoms with Crippen molar-refractivity contribution in [3.63, 3.8) is 0 Å². The molecule has 7 nitrogen and oxygen atoms in total. The highest BCUT2D eigenvalue weighted by Gasteiger charge is 2.22. The van der Waals surface area contributed by atoms with Gasteiger partial charge in [-0.2, -0.15) is 9.49 Å². The summed E-state index contributed by atoms with van der Waals surface area (Å²) in [6.07, 6.45) is 8.75. The van der Waals surface area contributed by atoms with Gasteiger partial charge in [-0.25, -0.2) is 9.37 Å². The van der Waals surface area contributed by atoms with Crippen molar-refractivity contribution < 1.29 is 8.78 Å². The molecule has 0 aliphatic carbocycles. The molecule has 190 valence electrons. The van der Waals surface area contributed by atoms with E-state index in [1.807, 2.05) is 30.5 Å². The van der Waals surface area contributed by atoms with Crippen LogP contribution in [0, 0.1) is 10.9 Å². The van der Waals surface area contributed by atoms with Crippen molar-refractivity contribution in [2.45, 2.75) is 25.8 Å². The van der Waals surface area contributed by atoms with Crippen LogP contribution in [0.4, 0.5) is 8.78 Å². The molecule has 1 aliphatic heterocycles. The van der Waals surface area contributed by atoms with Crippen LogP contribution in [-0.4, -0.2) is 48.1 Å². The van der Waals surface area contributed by atoms with Crippen LogP contribution in [0.2, 0.25) is 0 Å². The van der Waals surface area contributed by atoms with Crippen molar-refractivity contribution in [2.24, 2.45) is 0 Å². The topological polar surface area (TPSA) is 86.4 Å². The summed E-state index contributed by atoms with van der Waals surface area (Å²) < 4.78 is 29.8. The van der Waals surface area contributed by atoms with Crippen molar-refractivity contribution in [1.29, 1.82) is 0 Å². The van der Waals surface area contributed by atoms with Gasteiger partial charge in [-0.05, 0) is 55.8 Å². The minimum atomic E-state index is -0.482. The Labute approximate surface area is 220 Å². The van der Waals surface area contributed by atoms with E-state index in [4.69, 9.17) is 4.98 Å². The Morgan fingerprint density at radius 2 is 1.84 bits per heavy atom. The monoisotopic (exact) mass is 527 g/mol. The van der Waals surface area contributed by atoms with Crippen molar-refractivity contribution in [1.82, 2.24) is 35.0 Å². The Morgan fingerprint density at radius 3 is 2.68 bits per heavy atom. The van der Waals surface area contributed by atoms with Gasteiger partial charge in [0, 0.05) is 34.9 Å². The van der Waals surface area contributed by atoms with E-state index in [0.29, 0.717) is 33.5 Å². The van der Waals surface area contributed by atoms with Crippen LogP contribution in [0.25, 0.3) is 55.2 Å². The first-order chi connectivity index (χ1) is 18.6. The number of thiophene rings is 1. The number of likely N-dealkylation sites (tertiary alicyclic amines) is 1. The third-order valence-electron chi connectivity index (χ3n) is 7.04. The average Bonchev–Trinajstić information content (AvgIpc) is 3.67. The van der Waals surface area contributed by atoms with E-state index in [1.165, 1.54) is 25.3 Å². The van der Waals surface area contributed by atoms with Gasteiger partial charge in [0.25, 0.3) is 0 Å². The zero-order chi connectivity index (χ0) is 25.6. The van der Waals surface area contributed by atoms with Gasteiger partial charge in [0.1, 0.15) is 11.4 Å². The Morgan fingerprint density at radius 1 is 0.947 bits per heavy atom. The van der Waals surface area contributed by atoms with Crippen LogP contribution < -0.4 is 0 Å². The smallest absolute Gasteiger partial charge is 0.176 e. The number of nitrogens with one attached hydrogen (secondary N) is 2. The van der Waals surface area contributed by atoms with Crippen LogP contribution in [0.15, 0.2) is 55.0 Å². The van der Waals surface area contributed by atoms with E-state index in [9.17, 15) is 4.39 Å². The molecule has 6 aromatic rings. The lowest BCUT2D eigenvalue weighted by Crippen LogP contribution is -2.29. The number of aromatic nitrogens is 6. The number of para-hydroxylation sites is 1. The molecule has 5 aromatic heterocycles. The van der Waals surface area contributed by atoms with E-state index < -0.39 is 5.82 Å². The third kappa shape index (κ3) is 4.06. The molecule has 1 fully saturated rings. The van der Waals surface area contributed by atoms with E-state index in [-0.39, 0.29) is 10.8 Å². The van der Waals surface area contributed by atoms with Gasteiger partial charge in [-0.3, -0.25) is 20.0 Å². The summed E-state index contributed by atoms with van der Waals surface area (Å²) in [5.41, 5.74) is 4.94. The second-order valence-corrected chi connectivity index (χ2v) is 10.6. The molecule has 6 heterocycles. The van der Waals surface area contributed by atoms with Crippen LogP contribution in [0.3, 0.4) is 0 Å². The number of nitrogens with zero attached hydrogens (tertiary/aromatic N) is 5. The lowest BCUT2D eigenvalue weighted by atomic mass is 10.1. The number of hydrogen-bond donors (Lipinski definition) is 2. The molecule has 0 saturated carbocycles. The summed E-state index contributed by atoms with van der Waals surface area (Å²) in [6, 6.07) is 10.8. The van der Waals surface area contributed by atoms with Gasteiger partial charge in [0.15, 0.2) is 16.8 Å². The summed E-state index contributed by atoms with van der Waals surface area (Å²) in [5, 5.41) is 7.31.